The fraction of sp³-hybridized carbons (Fsp3) is 0.250. The third kappa shape index (κ3) is 3.45. The molecule has 4 rings (SSSR count). The molecule has 1 fully saturated rings. The average molecular weight is 386 g/mol. The second kappa shape index (κ2) is 7.12. The van der Waals surface area contributed by atoms with Gasteiger partial charge in [0, 0.05) is 12.1 Å². The number of rotatable bonds is 3. The quantitative estimate of drug-likeness (QED) is 0.648. The van der Waals surface area contributed by atoms with Crippen molar-refractivity contribution in [3.63, 3.8) is 0 Å². The van der Waals surface area contributed by atoms with Gasteiger partial charge < -0.3 is 9.42 Å². The van der Waals surface area contributed by atoms with Crippen molar-refractivity contribution < 1.29 is 13.7 Å². The molecule has 1 aromatic heterocycles. The molecule has 3 aromatic rings. The number of aryl methyl sites for hydroxylation is 1. The number of carbonyl (C=O) groups excluding carboxylic acids is 1. The number of hydrogen-bond acceptors (Lipinski definition) is 4. The topological polar surface area (TPSA) is 59.2 Å². The molecule has 1 saturated heterocycles. The van der Waals surface area contributed by atoms with Crippen LogP contribution in [0.3, 0.4) is 0 Å². The number of aromatic nitrogens is 2. The maximum Gasteiger partial charge on any atom is 0.256 e. The van der Waals surface area contributed by atoms with Crippen molar-refractivity contribution in [2.75, 3.05) is 6.54 Å². The Morgan fingerprint density at radius 1 is 1.30 bits per heavy atom. The summed E-state index contributed by atoms with van der Waals surface area (Å²) in [7, 11) is 0. The van der Waals surface area contributed by atoms with Gasteiger partial charge in [0.2, 0.25) is 11.7 Å². The lowest BCUT2D eigenvalue weighted by molar-refractivity contribution is 0.0710. The number of nitrogens with zero attached hydrogens (tertiary/aromatic N) is 3. The third-order valence-corrected chi connectivity index (χ3v) is 4.99. The fourth-order valence-corrected chi connectivity index (χ4v) is 3.60. The van der Waals surface area contributed by atoms with Crippen LogP contribution in [0.4, 0.5) is 4.39 Å². The predicted octanol–water partition coefficient (Wildman–Crippen LogP) is 4.81. The van der Waals surface area contributed by atoms with Gasteiger partial charge in [-0.3, -0.25) is 4.79 Å². The second-order valence-electron chi connectivity index (χ2n) is 6.61. The molecule has 27 heavy (non-hydrogen) atoms. The summed E-state index contributed by atoms with van der Waals surface area (Å²) in [6, 6.07) is 11.3. The largest absolute Gasteiger partial charge is 0.337 e. The van der Waals surface area contributed by atoms with Gasteiger partial charge in [-0.05, 0) is 44.0 Å². The Bertz CT molecular complexity index is 1000. The molecule has 1 aliphatic rings. The van der Waals surface area contributed by atoms with Gasteiger partial charge in [0.25, 0.3) is 5.91 Å². The monoisotopic (exact) mass is 385 g/mol. The standard InChI is InChI=1S/C20H17ClFN3O2/c1-12-4-2-5-13(10-12)18-23-19(27-24-18)17-6-3-9-25(17)20(26)15-8-7-14(22)11-16(15)21/h2,4-5,7-8,10-11,17H,3,6,9H2,1H3/t17-/m1/s1. The van der Waals surface area contributed by atoms with Crippen LogP contribution in [-0.4, -0.2) is 27.5 Å². The summed E-state index contributed by atoms with van der Waals surface area (Å²) in [6.45, 7) is 2.55. The highest BCUT2D eigenvalue weighted by molar-refractivity contribution is 6.33. The van der Waals surface area contributed by atoms with Crippen LogP contribution in [0.25, 0.3) is 11.4 Å². The molecule has 2 heterocycles. The van der Waals surface area contributed by atoms with E-state index >= 15 is 0 Å². The van der Waals surface area contributed by atoms with Gasteiger partial charge in [0.15, 0.2) is 0 Å². The Balaban J connectivity index is 1.61. The average Bonchev–Trinajstić information content (AvgIpc) is 3.30. The lowest BCUT2D eigenvalue weighted by Gasteiger charge is -2.22. The van der Waals surface area contributed by atoms with E-state index in [0.29, 0.717) is 18.3 Å². The van der Waals surface area contributed by atoms with Crippen LogP contribution in [0.1, 0.15) is 40.7 Å². The molecule has 0 N–H and O–H groups in total. The summed E-state index contributed by atoms with van der Waals surface area (Å²) in [5.74, 6) is 0.149. The van der Waals surface area contributed by atoms with Gasteiger partial charge in [0.1, 0.15) is 11.9 Å². The Hall–Kier alpha value is -2.73. The zero-order valence-corrected chi connectivity index (χ0v) is 15.4. The highest BCUT2D eigenvalue weighted by atomic mass is 35.5. The lowest BCUT2D eigenvalue weighted by Crippen LogP contribution is -2.31. The van der Waals surface area contributed by atoms with Crippen LogP contribution in [-0.2, 0) is 0 Å². The van der Waals surface area contributed by atoms with Crippen LogP contribution in [0, 0.1) is 12.7 Å². The number of amides is 1. The Labute approximate surface area is 160 Å². The molecule has 1 atom stereocenters. The summed E-state index contributed by atoms with van der Waals surface area (Å²) in [4.78, 5) is 19.1. The summed E-state index contributed by atoms with van der Waals surface area (Å²) >= 11 is 6.06. The lowest BCUT2D eigenvalue weighted by atomic mass is 10.1. The minimum absolute atomic E-state index is 0.0941. The fourth-order valence-electron chi connectivity index (χ4n) is 3.36. The van der Waals surface area contributed by atoms with E-state index in [-0.39, 0.29) is 22.5 Å². The molecule has 0 spiro atoms. The number of hydrogen-bond donors (Lipinski definition) is 0. The van der Waals surface area contributed by atoms with E-state index in [0.717, 1.165) is 30.0 Å². The molecule has 0 unspecified atom stereocenters. The number of carbonyl (C=O) groups is 1. The molecule has 1 amide bonds. The van der Waals surface area contributed by atoms with Crippen LogP contribution in [0.2, 0.25) is 5.02 Å². The Kier molecular flexibility index (Phi) is 4.66. The van der Waals surface area contributed by atoms with Crippen molar-refractivity contribution >= 4 is 17.5 Å². The van der Waals surface area contributed by atoms with E-state index in [4.69, 9.17) is 16.1 Å². The number of halogens is 2. The first-order valence-electron chi connectivity index (χ1n) is 8.69. The molecule has 138 valence electrons. The molecule has 0 radical (unpaired) electrons. The Morgan fingerprint density at radius 2 is 2.15 bits per heavy atom. The molecule has 0 saturated carbocycles. The van der Waals surface area contributed by atoms with Gasteiger partial charge in [-0.2, -0.15) is 4.98 Å². The van der Waals surface area contributed by atoms with Gasteiger partial charge in [0.05, 0.1) is 10.6 Å². The van der Waals surface area contributed by atoms with E-state index in [9.17, 15) is 9.18 Å². The molecule has 7 heteroatoms. The van der Waals surface area contributed by atoms with Gasteiger partial charge in [-0.25, -0.2) is 4.39 Å². The molecule has 1 aliphatic heterocycles. The molecular formula is C20H17ClFN3O2. The first-order chi connectivity index (χ1) is 13.0. The van der Waals surface area contributed by atoms with Crippen LogP contribution in [0.5, 0.6) is 0 Å². The van der Waals surface area contributed by atoms with Crippen molar-refractivity contribution in [3.8, 4) is 11.4 Å². The van der Waals surface area contributed by atoms with Crippen molar-refractivity contribution in [2.45, 2.75) is 25.8 Å². The molecule has 5 nitrogen and oxygen atoms in total. The van der Waals surface area contributed by atoms with Gasteiger partial charge >= 0.3 is 0 Å². The van der Waals surface area contributed by atoms with Crippen molar-refractivity contribution in [3.05, 3.63) is 70.3 Å². The van der Waals surface area contributed by atoms with E-state index in [1.807, 2.05) is 31.2 Å². The number of likely N-dealkylation sites (tertiary alicyclic amines) is 1. The smallest absolute Gasteiger partial charge is 0.256 e. The highest BCUT2D eigenvalue weighted by Gasteiger charge is 2.35. The maximum absolute atomic E-state index is 13.3. The molecule has 2 aromatic carbocycles. The van der Waals surface area contributed by atoms with E-state index in [1.54, 1.807) is 4.90 Å². The zero-order chi connectivity index (χ0) is 19.0. The second-order valence-corrected chi connectivity index (χ2v) is 7.01. The minimum Gasteiger partial charge on any atom is -0.337 e. The first-order valence-corrected chi connectivity index (χ1v) is 9.07. The van der Waals surface area contributed by atoms with Crippen molar-refractivity contribution in [2.24, 2.45) is 0 Å². The summed E-state index contributed by atoms with van der Waals surface area (Å²) < 4.78 is 18.7. The summed E-state index contributed by atoms with van der Waals surface area (Å²) in [5.41, 5.74) is 2.23. The summed E-state index contributed by atoms with van der Waals surface area (Å²) in [5, 5.41) is 4.16. The highest BCUT2D eigenvalue weighted by Crippen LogP contribution is 2.34. The third-order valence-electron chi connectivity index (χ3n) is 4.68. The van der Waals surface area contributed by atoms with Crippen molar-refractivity contribution in [1.82, 2.24) is 15.0 Å². The first kappa shape index (κ1) is 17.7. The maximum atomic E-state index is 13.3. The summed E-state index contributed by atoms with van der Waals surface area (Å²) in [6.07, 6.45) is 1.54. The predicted molar refractivity (Wildman–Crippen MR) is 98.9 cm³/mol. The zero-order valence-electron chi connectivity index (χ0n) is 14.7. The SMILES string of the molecule is Cc1cccc(-c2noc([C@H]3CCCN3C(=O)c3ccc(F)cc3Cl)n2)c1. The molecular weight excluding hydrogens is 369 g/mol. The molecule has 0 bridgehead atoms. The van der Waals surface area contributed by atoms with Crippen LogP contribution in [0.15, 0.2) is 47.0 Å². The van der Waals surface area contributed by atoms with E-state index < -0.39 is 5.82 Å². The van der Waals surface area contributed by atoms with Crippen LogP contribution < -0.4 is 0 Å². The minimum atomic E-state index is -0.478. The van der Waals surface area contributed by atoms with Crippen LogP contribution >= 0.6 is 11.6 Å². The van der Waals surface area contributed by atoms with E-state index in [1.165, 1.54) is 12.1 Å². The number of benzene rings is 2. The van der Waals surface area contributed by atoms with E-state index in [2.05, 4.69) is 10.1 Å². The van der Waals surface area contributed by atoms with Gasteiger partial charge in [-0.15, -0.1) is 0 Å². The molecule has 0 aliphatic carbocycles. The van der Waals surface area contributed by atoms with Gasteiger partial charge in [-0.1, -0.05) is 40.5 Å². The van der Waals surface area contributed by atoms with Crippen molar-refractivity contribution in [1.29, 1.82) is 0 Å². The normalized spacial score (nSPS) is 16.7. The Morgan fingerprint density at radius 3 is 2.93 bits per heavy atom.